The predicted molar refractivity (Wildman–Crippen MR) is 89.7 cm³/mol. The van der Waals surface area contributed by atoms with Crippen molar-refractivity contribution < 1.29 is 4.42 Å². The molecule has 1 aromatic heterocycles. The topological polar surface area (TPSA) is 37.0 Å². The van der Waals surface area contributed by atoms with Gasteiger partial charge in [-0.05, 0) is 67.9 Å². The standard InChI is InChI=1S/C19H25NO/c1-14(12-16-8-9-17(13-20)21-16)7-10-18-15(2)6-5-11-19(18,3)4/h7-10,12-13,20H,5-6,11H2,1-4H3/b10-7+,14-12+,20-13?. The SMILES string of the molecule is CC1=C(/C=C/C(C)=C/c2ccc(C=N)o2)C(C)(C)CCC1. The first-order valence-corrected chi connectivity index (χ1v) is 7.59. The molecule has 0 amide bonds. The van der Waals surface area contributed by atoms with Crippen molar-refractivity contribution in [3.05, 3.63) is 52.5 Å². The van der Waals surface area contributed by atoms with Crippen molar-refractivity contribution in [2.75, 3.05) is 0 Å². The van der Waals surface area contributed by atoms with Crippen LogP contribution < -0.4 is 0 Å². The third-order valence-corrected chi connectivity index (χ3v) is 4.22. The summed E-state index contributed by atoms with van der Waals surface area (Å²) in [6.45, 7) is 8.99. The Morgan fingerprint density at radius 2 is 2.00 bits per heavy atom. The van der Waals surface area contributed by atoms with Gasteiger partial charge in [-0.25, -0.2) is 0 Å². The molecule has 0 spiro atoms. The van der Waals surface area contributed by atoms with E-state index >= 15 is 0 Å². The lowest BCUT2D eigenvalue weighted by Gasteiger charge is -2.32. The molecule has 0 atom stereocenters. The zero-order valence-corrected chi connectivity index (χ0v) is 13.5. The number of hydrogen-bond acceptors (Lipinski definition) is 2. The smallest absolute Gasteiger partial charge is 0.145 e. The van der Waals surface area contributed by atoms with E-state index in [4.69, 9.17) is 9.83 Å². The highest BCUT2D eigenvalue weighted by Gasteiger charge is 2.26. The fourth-order valence-electron chi connectivity index (χ4n) is 3.02. The molecule has 0 saturated carbocycles. The van der Waals surface area contributed by atoms with E-state index in [0.717, 1.165) is 11.3 Å². The van der Waals surface area contributed by atoms with Gasteiger partial charge in [-0.3, -0.25) is 0 Å². The van der Waals surface area contributed by atoms with Gasteiger partial charge in [0.2, 0.25) is 0 Å². The van der Waals surface area contributed by atoms with E-state index < -0.39 is 0 Å². The summed E-state index contributed by atoms with van der Waals surface area (Å²) in [5, 5.41) is 7.16. The summed E-state index contributed by atoms with van der Waals surface area (Å²) < 4.78 is 5.49. The molecular weight excluding hydrogens is 258 g/mol. The molecule has 112 valence electrons. The van der Waals surface area contributed by atoms with Gasteiger partial charge in [-0.2, -0.15) is 0 Å². The monoisotopic (exact) mass is 283 g/mol. The Balaban J connectivity index is 2.18. The lowest BCUT2D eigenvalue weighted by molar-refractivity contribution is 0.377. The van der Waals surface area contributed by atoms with Gasteiger partial charge >= 0.3 is 0 Å². The molecule has 0 aliphatic heterocycles. The fourth-order valence-corrected chi connectivity index (χ4v) is 3.02. The minimum absolute atomic E-state index is 0.275. The van der Waals surface area contributed by atoms with Crippen molar-refractivity contribution in [1.82, 2.24) is 0 Å². The second-order valence-electron chi connectivity index (χ2n) is 6.54. The molecule has 0 fully saturated rings. The zero-order valence-electron chi connectivity index (χ0n) is 13.5. The maximum Gasteiger partial charge on any atom is 0.145 e. The molecule has 2 rings (SSSR count). The molecule has 21 heavy (non-hydrogen) atoms. The largest absolute Gasteiger partial charge is 0.456 e. The number of nitrogens with one attached hydrogen (secondary N) is 1. The van der Waals surface area contributed by atoms with Crippen molar-refractivity contribution in [2.45, 2.75) is 47.0 Å². The molecule has 1 aromatic rings. The van der Waals surface area contributed by atoms with Gasteiger partial charge in [0, 0.05) is 0 Å². The minimum atomic E-state index is 0.275. The van der Waals surface area contributed by atoms with Crippen molar-refractivity contribution in [1.29, 1.82) is 5.41 Å². The van der Waals surface area contributed by atoms with Crippen LogP contribution in [0, 0.1) is 10.8 Å². The van der Waals surface area contributed by atoms with Crippen LogP contribution in [-0.2, 0) is 0 Å². The second-order valence-corrected chi connectivity index (χ2v) is 6.54. The van der Waals surface area contributed by atoms with Crippen LogP contribution in [0.4, 0.5) is 0 Å². The van der Waals surface area contributed by atoms with E-state index in [2.05, 4.69) is 39.8 Å². The predicted octanol–water partition coefficient (Wildman–Crippen LogP) is 5.76. The molecule has 1 heterocycles. The van der Waals surface area contributed by atoms with Gasteiger partial charge in [0.1, 0.15) is 11.5 Å². The molecule has 0 bridgehead atoms. The maximum atomic E-state index is 7.16. The summed E-state index contributed by atoms with van der Waals surface area (Å²) in [6, 6.07) is 3.71. The van der Waals surface area contributed by atoms with Crippen molar-refractivity contribution in [2.24, 2.45) is 5.41 Å². The number of allylic oxidation sites excluding steroid dienone is 5. The van der Waals surface area contributed by atoms with Gasteiger partial charge in [-0.1, -0.05) is 31.6 Å². The van der Waals surface area contributed by atoms with Crippen LogP contribution >= 0.6 is 0 Å². The third-order valence-electron chi connectivity index (χ3n) is 4.22. The van der Waals surface area contributed by atoms with E-state index in [9.17, 15) is 0 Å². The first kappa shape index (κ1) is 15.6. The fraction of sp³-hybridized carbons (Fsp3) is 0.421. The van der Waals surface area contributed by atoms with Crippen LogP contribution in [0.5, 0.6) is 0 Å². The molecule has 1 aliphatic rings. The van der Waals surface area contributed by atoms with E-state index in [0.29, 0.717) is 5.76 Å². The first-order chi connectivity index (χ1) is 9.92. The molecule has 1 N–H and O–H groups in total. The van der Waals surface area contributed by atoms with Crippen LogP contribution in [0.25, 0.3) is 6.08 Å². The average molecular weight is 283 g/mol. The van der Waals surface area contributed by atoms with Gasteiger partial charge in [-0.15, -0.1) is 0 Å². The van der Waals surface area contributed by atoms with Crippen molar-refractivity contribution >= 4 is 12.3 Å². The Kier molecular flexibility index (Phi) is 4.66. The molecule has 2 heteroatoms. The highest BCUT2D eigenvalue weighted by Crippen LogP contribution is 2.40. The van der Waals surface area contributed by atoms with Crippen molar-refractivity contribution in [3.8, 4) is 0 Å². The summed E-state index contributed by atoms with van der Waals surface area (Å²) >= 11 is 0. The number of furan rings is 1. The molecule has 1 aliphatic carbocycles. The van der Waals surface area contributed by atoms with E-state index in [1.807, 2.05) is 18.2 Å². The van der Waals surface area contributed by atoms with E-state index in [1.165, 1.54) is 36.6 Å². The van der Waals surface area contributed by atoms with Gasteiger partial charge < -0.3 is 9.83 Å². The zero-order chi connectivity index (χ0) is 15.5. The highest BCUT2D eigenvalue weighted by atomic mass is 16.3. The van der Waals surface area contributed by atoms with Gasteiger partial charge in [0.05, 0.1) is 6.21 Å². The van der Waals surface area contributed by atoms with Crippen LogP contribution in [0.1, 0.15) is 58.5 Å². The molecule has 0 radical (unpaired) electrons. The van der Waals surface area contributed by atoms with E-state index in [1.54, 1.807) is 0 Å². The van der Waals surface area contributed by atoms with Gasteiger partial charge in [0.15, 0.2) is 0 Å². The normalized spacial score (nSPS) is 19.3. The molecule has 0 aromatic carbocycles. The summed E-state index contributed by atoms with van der Waals surface area (Å²) in [5.41, 5.74) is 4.42. The maximum absolute atomic E-state index is 7.16. The van der Waals surface area contributed by atoms with Crippen LogP contribution in [0.3, 0.4) is 0 Å². The first-order valence-electron chi connectivity index (χ1n) is 7.59. The summed E-state index contributed by atoms with van der Waals surface area (Å²) in [5.74, 6) is 1.38. The minimum Gasteiger partial charge on any atom is -0.456 e. The number of hydrogen-bond donors (Lipinski definition) is 1. The highest BCUT2D eigenvalue weighted by molar-refractivity contribution is 5.73. The quantitative estimate of drug-likeness (QED) is 0.553. The Morgan fingerprint density at radius 1 is 1.29 bits per heavy atom. The van der Waals surface area contributed by atoms with Gasteiger partial charge in [0.25, 0.3) is 0 Å². The number of rotatable bonds is 4. The molecular formula is C19H25NO. The average Bonchev–Trinajstić information content (AvgIpc) is 2.85. The Bertz CT molecular complexity index is 611. The summed E-state index contributed by atoms with van der Waals surface area (Å²) in [4.78, 5) is 0. The Morgan fingerprint density at radius 3 is 2.62 bits per heavy atom. The molecule has 2 nitrogen and oxygen atoms in total. The van der Waals surface area contributed by atoms with E-state index in [-0.39, 0.29) is 5.41 Å². The van der Waals surface area contributed by atoms with Crippen LogP contribution in [-0.4, -0.2) is 6.21 Å². The van der Waals surface area contributed by atoms with Crippen LogP contribution in [0.2, 0.25) is 0 Å². The molecule has 0 saturated heterocycles. The van der Waals surface area contributed by atoms with Crippen LogP contribution in [0.15, 0.2) is 45.4 Å². The third kappa shape index (κ3) is 3.84. The molecule has 0 unspecified atom stereocenters. The Labute approximate surface area is 127 Å². The second kappa shape index (κ2) is 6.30. The van der Waals surface area contributed by atoms with Crippen molar-refractivity contribution in [3.63, 3.8) is 0 Å². The summed E-state index contributed by atoms with van der Waals surface area (Å²) in [7, 11) is 0. The summed E-state index contributed by atoms with van der Waals surface area (Å²) in [6.07, 6.45) is 11.4. The Hall–Kier alpha value is -1.83. The lowest BCUT2D eigenvalue weighted by atomic mass is 9.72. The lowest BCUT2D eigenvalue weighted by Crippen LogP contribution is -2.19.